The highest BCUT2D eigenvalue weighted by Crippen LogP contribution is 2.47. The fraction of sp³-hybridized carbons (Fsp3) is 0.294. The molecule has 23 heavy (non-hydrogen) atoms. The number of hydrogen-bond acceptors (Lipinski definition) is 4. The van der Waals surface area contributed by atoms with Crippen LogP contribution in [0.2, 0.25) is 5.15 Å². The Morgan fingerprint density at radius 2 is 1.91 bits per heavy atom. The van der Waals surface area contributed by atoms with Gasteiger partial charge >= 0.3 is 0 Å². The number of rotatable bonds is 2. The van der Waals surface area contributed by atoms with Crippen molar-refractivity contribution >= 4 is 23.2 Å². The normalized spacial score (nSPS) is 17.4. The number of halogens is 1. The third-order valence-electron chi connectivity index (χ3n) is 4.15. The molecule has 118 valence electrons. The van der Waals surface area contributed by atoms with Crippen LogP contribution in [-0.2, 0) is 0 Å². The van der Waals surface area contributed by atoms with Gasteiger partial charge in [0.25, 0.3) is 11.7 Å². The van der Waals surface area contributed by atoms with Gasteiger partial charge in [0.05, 0.1) is 0 Å². The molecule has 4 rings (SSSR count). The van der Waals surface area contributed by atoms with Gasteiger partial charge in [-0.2, -0.15) is 0 Å². The first kappa shape index (κ1) is 14.3. The monoisotopic (exact) mass is 330 g/mol. The van der Waals surface area contributed by atoms with Crippen molar-refractivity contribution in [2.45, 2.75) is 31.5 Å². The van der Waals surface area contributed by atoms with E-state index in [9.17, 15) is 4.79 Å². The first-order chi connectivity index (χ1) is 11.1. The minimum atomic E-state index is -0.496. The average molecular weight is 331 g/mol. The van der Waals surface area contributed by atoms with Gasteiger partial charge in [0.2, 0.25) is 0 Å². The number of nitrogens with one attached hydrogen (secondary N) is 1. The Morgan fingerprint density at radius 3 is 2.70 bits per heavy atom. The highest BCUT2D eigenvalue weighted by atomic mass is 35.5. The quantitative estimate of drug-likeness (QED) is 0.844. The predicted molar refractivity (Wildman–Crippen MR) is 86.1 cm³/mol. The number of nitrogens with zero attached hydrogens (tertiary/aromatic N) is 1. The third kappa shape index (κ3) is 2.72. The van der Waals surface area contributed by atoms with Crippen molar-refractivity contribution in [3.05, 3.63) is 47.2 Å². The molecular weight excluding hydrogens is 316 g/mol. The number of carbonyl (C=O) groups excluding carboxylic acids is 1. The summed E-state index contributed by atoms with van der Waals surface area (Å²) in [6.45, 7) is 0. The minimum Gasteiger partial charge on any atom is -0.448 e. The van der Waals surface area contributed by atoms with Crippen molar-refractivity contribution in [1.82, 2.24) is 4.98 Å². The summed E-state index contributed by atoms with van der Waals surface area (Å²) >= 11 is 5.81. The number of hydrogen-bond donors (Lipinski definition) is 1. The van der Waals surface area contributed by atoms with Gasteiger partial charge in [0, 0.05) is 36.4 Å². The van der Waals surface area contributed by atoms with Gasteiger partial charge < -0.3 is 14.8 Å². The van der Waals surface area contributed by atoms with Crippen LogP contribution in [-0.4, -0.2) is 16.7 Å². The number of pyridine rings is 1. The van der Waals surface area contributed by atoms with E-state index in [2.05, 4.69) is 10.3 Å². The molecule has 1 aliphatic carbocycles. The molecule has 1 aromatic carbocycles. The van der Waals surface area contributed by atoms with Crippen LogP contribution in [0.4, 0.5) is 5.69 Å². The van der Waals surface area contributed by atoms with E-state index < -0.39 is 5.79 Å². The van der Waals surface area contributed by atoms with Crippen molar-refractivity contribution in [2.24, 2.45) is 0 Å². The standard InChI is InChI=1S/C17H15ClN2O3/c18-15-9-11(5-8-19-15)16(21)20-12-3-4-13-14(10-12)23-17(22-13)6-1-2-7-17/h3-5,8-10H,1-2,6-7H2,(H,20,21). The molecule has 1 N–H and O–H groups in total. The molecule has 1 aliphatic heterocycles. The van der Waals surface area contributed by atoms with E-state index in [1.54, 1.807) is 18.2 Å². The van der Waals surface area contributed by atoms with E-state index in [1.807, 2.05) is 6.07 Å². The molecule has 0 saturated heterocycles. The summed E-state index contributed by atoms with van der Waals surface area (Å²) in [6.07, 6.45) is 5.53. The maximum atomic E-state index is 12.2. The lowest BCUT2D eigenvalue weighted by Gasteiger charge is -2.21. The van der Waals surface area contributed by atoms with Crippen LogP contribution in [0.15, 0.2) is 36.5 Å². The summed E-state index contributed by atoms with van der Waals surface area (Å²) < 4.78 is 12.0. The first-order valence-electron chi connectivity index (χ1n) is 7.59. The summed E-state index contributed by atoms with van der Waals surface area (Å²) in [6, 6.07) is 8.57. The molecule has 5 nitrogen and oxygen atoms in total. The largest absolute Gasteiger partial charge is 0.448 e. The maximum Gasteiger partial charge on any atom is 0.255 e. The number of carbonyl (C=O) groups is 1. The number of amides is 1. The van der Waals surface area contributed by atoms with Crippen LogP contribution in [0, 0.1) is 0 Å². The fourth-order valence-corrected chi connectivity index (χ4v) is 3.21. The zero-order valence-corrected chi connectivity index (χ0v) is 13.1. The lowest BCUT2D eigenvalue weighted by molar-refractivity contribution is -0.0716. The molecular formula is C17H15ClN2O3. The van der Waals surface area contributed by atoms with Crippen LogP contribution in [0.25, 0.3) is 0 Å². The molecule has 1 fully saturated rings. The van der Waals surface area contributed by atoms with Crippen molar-refractivity contribution in [1.29, 1.82) is 0 Å². The molecule has 1 saturated carbocycles. The van der Waals surface area contributed by atoms with Crippen molar-refractivity contribution in [3.8, 4) is 11.5 Å². The molecule has 0 unspecified atom stereocenters. The summed E-state index contributed by atoms with van der Waals surface area (Å²) in [5.74, 6) is 0.668. The van der Waals surface area contributed by atoms with Gasteiger partial charge in [-0.05, 0) is 37.1 Å². The maximum absolute atomic E-state index is 12.2. The molecule has 2 aliphatic rings. The lowest BCUT2D eigenvalue weighted by atomic mass is 10.2. The number of benzene rings is 1. The van der Waals surface area contributed by atoms with Gasteiger partial charge in [-0.1, -0.05) is 11.6 Å². The average Bonchev–Trinajstić information content (AvgIpc) is 3.13. The highest BCUT2D eigenvalue weighted by molar-refractivity contribution is 6.29. The summed E-state index contributed by atoms with van der Waals surface area (Å²) in [5, 5.41) is 3.12. The van der Waals surface area contributed by atoms with Gasteiger partial charge in [-0.25, -0.2) is 4.98 Å². The molecule has 1 spiro atoms. The van der Waals surface area contributed by atoms with Crippen molar-refractivity contribution in [2.75, 3.05) is 5.32 Å². The van der Waals surface area contributed by atoms with E-state index in [0.717, 1.165) is 31.4 Å². The molecule has 0 atom stereocenters. The fourth-order valence-electron chi connectivity index (χ4n) is 3.04. The van der Waals surface area contributed by atoms with Gasteiger partial charge in [0.15, 0.2) is 11.5 Å². The second kappa shape index (κ2) is 5.42. The number of ether oxygens (including phenoxy) is 2. The second-order valence-corrected chi connectivity index (χ2v) is 6.19. The Kier molecular flexibility index (Phi) is 3.38. The van der Waals surface area contributed by atoms with Crippen molar-refractivity contribution in [3.63, 3.8) is 0 Å². The zero-order valence-electron chi connectivity index (χ0n) is 12.3. The summed E-state index contributed by atoms with van der Waals surface area (Å²) in [4.78, 5) is 16.1. The molecule has 0 radical (unpaired) electrons. The molecule has 0 bridgehead atoms. The smallest absolute Gasteiger partial charge is 0.255 e. The number of fused-ring (bicyclic) bond motifs is 1. The van der Waals surface area contributed by atoms with Gasteiger partial charge in [-0.15, -0.1) is 0 Å². The van der Waals surface area contributed by atoms with Crippen molar-refractivity contribution < 1.29 is 14.3 Å². The molecule has 1 aromatic heterocycles. The van der Waals surface area contributed by atoms with Crippen LogP contribution in [0.3, 0.4) is 0 Å². The highest BCUT2D eigenvalue weighted by Gasteiger charge is 2.44. The Hall–Kier alpha value is -2.27. The van der Waals surface area contributed by atoms with Gasteiger partial charge in [0.1, 0.15) is 5.15 Å². The topological polar surface area (TPSA) is 60.5 Å². The van der Waals surface area contributed by atoms with Crippen LogP contribution in [0.1, 0.15) is 36.0 Å². The van der Waals surface area contributed by atoms with Crippen LogP contribution < -0.4 is 14.8 Å². The molecule has 2 aromatic rings. The zero-order chi connectivity index (χ0) is 15.9. The first-order valence-corrected chi connectivity index (χ1v) is 7.96. The second-order valence-electron chi connectivity index (χ2n) is 5.80. The predicted octanol–water partition coefficient (Wildman–Crippen LogP) is 4.03. The Labute approximate surface area is 138 Å². The summed E-state index contributed by atoms with van der Waals surface area (Å²) in [7, 11) is 0. The number of anilines is 1. The molecule has 6 heteroatoms. The Balaban J connectivity index is 1.52. The minimum absolute atomic E-state index is 0.247. The van der Waals surface area contributed by atoms with E-state index >= 15 is 0 Å². The SMILES string of the molecule is O=C(Nc1ccc2c(c1)OC1(CCCC1)O2)c1ccnc(Cl)c1. The third-order valence-corrected chi connectivity index (χ3v) is 4.35. The van der Waals surface area contributed by atoms with E-state index in [-0.39, 0.29) is 11.1 Å². The number of aromatic nitrogens is 1. The van der Waals surface area contributed by atoms with E-state index in [0.29, 0.717) is 17.0 Å². The van der Waals surface area contributed by atoms with E-state index in [4.69, 9.17) is 21.1 Å². The van der Waals surface area contributed by atoms with Gasteiger partial charge in [-0.3, -0.25) is 4.79 Å². The lowest BCUT2D eigenvalue weighted by Crippen LogP contribution is -2.34. The van der Waals surface area contributed by atoms with Crippen LogP contribution >= 0.6 is 11.6 Å². The Morgan fingerprint density at radius 1 is 1.13 bits per heavy atom. The van der Waals surface area contributed by atoms with Crippen LogP contribution in [0.5, 0.6) is 11.5 Å². The molecule has 1 amide bonds. The summed E-state index contributed by atoms with van der Waals surface area (Å²) in [5.41, 5.74) is 1.11. The molecule has 2 heterocycles. The van der Waals surface area contributed by atoms with E-state index in [1.165, 1.54) is 12.3 Å². The Bertz CT molecular complexity index is 772.